The summed E-state index contributed by atoms with van der Waals surface area (Å²) in [7, 11) is 0. The maximum Gasteiger partial charge on any atom is 0.0671 e. The lowest BCUT2D eigenvalue weighted by Crippen LogP contribution is -2.41. The molecule has 3 heteroatoms. The van der Waals surface area contributed by atoms with Crippen molar-refractivity contribution in [2.75, 3.05) is 4.90 Å². The largest absolute Gasteiger partial charge is 0.334 e. The average molecular weight is 349 g/mol. The van der Waals surface area contributed by atoms with E-state index < -0.39 is 0 Å². The summed E-state index contributed by atoms with van der Waals surface area (Å²) in [6.07, 6.45) is 8.74. The minimum absolute atomic E-state index is 0.595. The molecule has 0 amide bonds. The summed E-state index contributed by atoms with van der Waals surface area (Å²) in [5, 5.41) is 0.595. The van der Waals surface area contributed by atoms with Crippen LogP contribution >= 0.6 is 11.8 Å². The molecule has 1 saturated carbocycles. The Morgan fingerprint density at radius 1 is 1.24 bits per heavy atom. The Bertz CT molecular complexity index is 815. The molecule has 2 heterocycles. The molecule has 2 aromatic rings. The molecule has 2 nitrogen and oxygen atoms in total. The van der Waals surface area contributed by atoms with E-state index in [4.69, 9.17) is 0 Å². The smallest absolute Gasteiger partial charge is 0.0671 e. The number of nitrogens with zero attached hydrogens (tertiary/aromatic N) is 2. The number of hydrogen-bond donors (Lipinski definition) is 0. The maximum absolute atomic E-state index is 4.52. The predicted octanol–water partition coefficient (Wildman–Crippen LogP) is 5.69. The molecule has 0 radical (unpaired) electrons. The summed E-state index contributed by atoms with van der Waals surface area (Å²) in [4.78, 5) is 8.41. The molecule has 0 spiro atoms. The summed E-state index contributed by atoms with van der Waals surface area (Å²) in [6.45, 7) is 4.50. The van der Waals surface area contributed by atoms with Crippen LogP contribution in [0, 0.1) is 0 Å². The molecule has 128 valence electrons. The molecule has 0 bridgehead atoms. The van der Waals surface area contributed by atoms with E-state index in [1.807, 2.05) is 24.0 Å². The summed E-state index contributed by atoms with van der Waals surface area (Å²) in [5.74, 6) is 0. The lowest BCUT2D eigenvalue weighted by atomic mass is 9.89. The topological polar surface area (TPSA) is 16.1 Å². The van der Waals surface area contributed by atoms with E-state index in [1.165, 1.54) is 41.1 Å². The number of allylic oxidation sites excluding steroid dienone is 1. The summed E-state index contributed by atoms with van der Waals surface area (Å²) < 4.78 is 0. The van der Waals surface area contributed by atoms with Crippen molar-refractivity contribution in [1.29, 1.82) is 0 Å². The highest BCUT2D eigenvalue weighted by molar-refractivity contribution is 7.99. The van der Waals surface area contributed by atoms with E-state index in [9.17, 15) is 0 Å². The standard InChI is InChI=1S/C22H24N2S/c1-16(2)25-21-12-10-17-9-11-20(14-18-6-3-4-13-23-18)24(22(17)15-21)19-7-5-8-19/h3-4,6,9-10,12-13,15-16,19H,5,7-8,14H2,1-2H3. The number of pyridine rings is 1. The number of aromatic nitrogens is 1. The second-order valence-electron chi connectivity index (χ2n) is 7.08. The van der Waals surface area contributed by atoms with Crippen LogP contribution in [-0.4, -0.2) is 16.3 Å². The van der Waals surface area contributed by atoms with Crippen LogP contribution in [0.5, 0.6) is 0 Å². The fourth-order valence-electron chi connectivity index (χ4n) is 3.45. The lowest BCUT2D eigenvalue weighted by Gasteiger charge is -2.41. The van der Waals surface area contributed by atoms with Crippen LogP contribution in [0.15, 0.2) is 58.9 Å². The highest BCUT2D eigenvalue weighted by Gasteiger charge is 2.30. The van der Waals surface area contributed by atoms with E-state index >= 15 is 0 Å². The molecule has 0 saturated heterocycles. The van der Waals surface area contributed by atoms with E-state index in [-0.39, 0.29) is 0 Å². The van der Waals surface area contributed by atoms with Crippen molar-refractivity contribution in [3.63, 3.8) is 0 Å². The van der Waals surface area contributed by atoms with Crippen LogP contribution in [0.3, 0.4) is 0 Å². The number of hydrogen-bond acceptors (Lipinski definition) is 3. The van der Waals surface area contributed by atoms with Gasteiger partial charge in [0.1, 0.15) is 0 Å². The molecule has 0 unspecified atom stereocenters. The SMILES string of the molecule is CC(C)Sc1ccc2c(c1)N(C1CCC1)C(Cc1ccccn1)=C=C2. The Morgan fingerprint density at radius 2 is 2.12 bits per heavy atom. The molecule has 4 rings (SSSR count). The van der Waals surface area contributed by atoms with Crippen LogP contribution in [0.2, 0.25) is 0 Å². The van der Waals surface area contributed by atoms with Gasteiger partial charge < -0.3 is 4.90 Å². The first-order valence-corrected chi connectivity index (χ1v) is 10.0. The van der Waals surface area contributed by atoms with Gasteiger partial charge in [-0.25, -0.2) is 0 Å². The van der Waals surface area contributed by atoms with Crippen molar-refractivity contribution < 1.29 is 0 Å². The van der Waals surface area contributed by atoms with Gasteiger partial charge in [0, 0.05) is 40.1 Å². The van der Waals surface area contributed by atoms with Crippen molar-refractivity contribution in [2.45, 2.75) is 55.7 Å². The molecule has 1 aromatic heterocycles. The monoisotopic (exact) mass is 348 g/mol. The van der Waals surface area contributed by atoms with E-state index in [0.29, 0.717) is 11.3 Å². The minimum atomic E-state index is 0.595. The highest BCUT2D eigenvalue weighted by Crippen LogP contribution is 2.40. The second-order valence-corrected chi connectivity index (χ2v) is 8.73. The number of thioether (sulfide) groups is 1. The molecular weight excluding hydrogens is 324 g/mol. The molecule has 1 aliphatic heterocycles. The van der Waals surface area contributed by atoms with Crippen molar-refractivity contribution in [3.05, 3.63) is 65.3 Å². The van der Waals surface area contributed by atoms with Gasteiger partial charge in [-0.15, -0.1) is 11.8 Å². The van der Waals surface area contributed by atoms with Gasteiger partial charge in [-0.2, -0.15) is 0 Å². The third-order valence-electron chi connectivity index (χ3n) is 4.83. The lowest BCUT2D eigenvalue weighted by molar-refractivity contribution is 0.400. The van der Waals surface area contributed by atoms with Gasteiger partial charge in [-0.05, 0) is 49.6 Å². The van der Waals surface area contributed by atoms with Crippen molar-refractivity contribution in [2.24, 2.45) is 0 Å². The van der Waals surface area contributed by atoms with Crippen LogP contribution in [0.1, 0.15) is 44.4 Å². The number of benzene rings is 1. The molecule has 1 aliphatic carbocycles. The summed E-state index contributed by atoms with van der Waals surface area (Å²) in [5.41, 5.74) is 8.55. The van der Waals surface area contributed by atoms with Gasteiger partial charge in [-0.1, -0.05) is 31.7 Å². The second kappa shape index (κ2) is 7.11. The van der Waals surface area contributed by atoms with E-state index in [0.717, 1.165) is 12.1 Å². The Morgan fingerprint density at radius 3 is 2.80 bits per heavy atom. The fraction of sp³-hybridized carbons (Fsp3) is 0.364. The molecule has 1 fully saturated rings. The number of rotatable bonds is 5. The van der Waals surface area contributed by atoms with Crippen LogP contribution < -0.4 is 4.90 Å². The highest BCUT2D eigenvalue weighted by atomic mass is 32.2. The summed E-state index contributed by atoms with van der Waals surface area (Å²) in [6, 6.07) is 13.6. The van der Waals surface area contributed by atoms with Crippen molar-refractivity contribution in [3.8, 4) is 0 Å². The first kappa shape index (κ1) is 16.5. The molecule has 2 aliphatic rings. The Kier molecular flexibility index (Phi) is 4.70. The molecule has 0 N–H and O–H groups in total. The Balaban J connectivity index is 1.70. The summed E-state index contributed by atoms with van der Waals surface area (Å²) >= 11 is 1.93. The van der Waals surface area contributed by atoms with Gasteiger partial charge in [0.05, 0.1) is 11.4 Å². The zero-order valence-corrected chi connectivity index (χ0v) is 15.7. The van der Waals surface area contributed by atoms with Crippen molar-refractivity contribution in [1.82, 2.24) is 4.98 Å². The maximum atomic E-state index is 4.52. The molecule has 25 heavy (non-hydrogen) atoms. The molecule has 0 atom stereocenters. The van der Waals surface area contributed by atoms with Gasteiger partial charge >= 0.3 is 0 Å². The predicted molar refractivity (Wildman–Crippen MR) is 107 cm³/mol. The molecule has 1 aromatic carbocycles. The quantitative estimate of drug-likeness (QED) is 0.510. The van der Waals surface area contributed by atoms with E-state index in [1.54, 1.807) is 0 Å². The van der Waals surface area contributed by atoms with Crippen LogP contribution in [-0.2, 0) is 6.42 Å². The molecular formula is C22H24N2S. The average Bonchev–Trinajstić information content (AvgIpc) is 2.56. The van der Waals surface area contributed by atoms with Crippen molar-refractivity contribution >= 4 is 23.5 Å². The van der Waals surface area contributed by atoms with Crippen LogP contribution in [0.25, 0.3) is 6.08 Å². The Labute approximate surface area is 154 Å². The third-order valence-corrected chi connectivity index (χ3v) is 5.83. The van der Waals surface area contributed by atoms with Crippen LogP contribution in [0.4, 0.5) is 5.69 Å². The number of fused-ring (bicyclic) bond motifs is 1. The minimum Gasteiger partial charge on any atom is -0.334 e. The fourth-order valence-corrected chi connectivity index (χ4v) is 4.32. The van der Waals surface area contributed by atoms with Gasteiger partial charge in [0.2, 0.25) is 0 Å². The first-order chi connectivity index (χ1) is 12.2. The zero-order chi connectivity index (χ0) is 17.2. The number of anilines is 1. The Hall–Kier alpha value is -1.96. The third kappa shape index (κ3) is 3.53. The zero-order valence-electron chi connectivity index (χ0n) is 14.9. The van der Waals surface area contributed by atoms with Gasteiger partial charge in [0.25, 0.3) is 0 Å². The van der Waals surface area contributed by atoms with Gasteiger partial charge in [-0.3, -0.25) is 4.98 Å². The van der Waals surface area contributed by atoms with Gasteiger partial charge in [0.15, 0.2) is 0 Å². The van der Waals surface area contributed by atoms with E-state index in [2.05, 4.69) is 65.9 Å². The first-order valence-electron chi connectivity index (χ1n) is 9.16. The normalized spacial score (nSPS) is 16.6.